The van der Waals surface area contributed by atoms with Crippen LogP contribution in [0.1, 0.15) is 6.42 Å². The quantitative estimate of drug-likeness (QED) is 0.862. The van der Waals surface area contributed by atoms with Crippen molar-refractivity contribution in [1.29, 1.82) is 0 Å². The summed E-state index contributed by atoms with van der Waals surface area (Å²) in [4.78, 5) is 16.1. The third-order valence-electron chi connectivity index (χ3n) is 2.92. The number of nitrogens with zero attached hydrogens (tertiary/aromatic N) is 1. The van der Waals surface area contributed by atoms with E-state index in [1.165, 1.54) is 0 Å². The van der Waals surface area contributed by atoms with Crippen LogP contribution in [-0.4, -0.2) is 29.9 Å². The predicted molar refractivity (Wildman–Crippen MR) is 69.5 cm³/mol. The molecule has 0 amide bonds. The van der Waals surface area contributed by atoms with Crippen molar-refractivity contribution < 1.29 is 4.79 Å². The topological polar surface area (TPSA) is 54.0 Å². The summed E-state index contributed by atoms with van der Waals surface area (Å²) in [5, 5.41) is 7.02. The summed E-state index contributed by atoms with van der Waals surface area (Å²) in [7, 11) is 0. The highest BCUT2D eigenvalue weighted by Gasteiger charge is 2.23. The highest BCUT2D eigenvalue weighted by Crippen LogP contribution is 2.25. The Morgan fingerprint density at radius 3 is 3.06 bits per heavy atom. The summed E-state index contributed by atoms with van der Waals surface area (Å²) in [6.07, 6.45) is 0.959. The Hall–Kier alpha value is -1.46. The van der Waals surface area contributed by atoms with Gasteiger partial charge in [0.15, 0.2) is 10.9 Å². The van der Waals surface area contributed by atoms with Crippen molar-refractivity contribution in [2.75, 3.05) is 18.4 Å². The molecule has 2 heterocycles. The second kappa shape index (κ2) is 4.43. The summed E-state index contributed by atoms with van der Waals surface area (Å²) >= 11 is 1.58. The van der Waals surface area contributed by atoms with E-state index in [1.807, 2.05) is 24.3 Å². The number of fused-ring (bicyclic) bond motifs is 1. The minimum Gasteiger partial charge on any atom is -0.354 e. The number of hydrogen-bond donors (Lipinski definition) is 2. The van der Waals surface area contributed by atoms with Crippen LogP contribution in [0.15, 0.2) is 24.3 Å². The van der Waals surface area contributed by atoms with E-state index in [0.29, 0.717) is 6.54 Å². The number of carbonyl (C=O) groups excluding carboxylic acids is 1. The lowest BCUT2D eigenvalue weighted by atomic mass is 10.0. The van der Waals surface area contributed by atoms with Gasteiger partial charge < -0.3 is 10.6 Å². The molecule has 1 fully saturated rings. The van der Waals surface area contributed by atoms with E-state index in [4.69, 9.17) is 0 Å². The number of anilines is 1. The fourth-order valence-corrected chi connectivity index (χ4v) is 2.66. The van der Waals surface area contributed by atoms with Crippen molar-refractivity contribution in [3.63, 3.8) is 0 Å². The predicted octanol–water partition coefficient (Wildman–Crippen LogP) is 1.64. The Bertz CT molecular complexity index is 514. The number of nitrogens with one attached hydrogen (secondary N) is 2. The summed E-state index contributed by atoms with van der Waals surface area (Å²) in [5.41, 5.74) is 0.981. The van der Waals surface area contributed by atoms with E-state index in [9.17, 15) is 4.79 Å². The third-order valence-corrected chi connectivity index (χ3v) is 3.91. The van der Waals surface area contributed by atoms with Crippen molar-refractivity contribution >= 4 is 32.5 Å². The van der Waals surface area contributed by atoms with E-state index < -0.39 is 0 Å². The number of carbonyl (C=O) groups is 1. The minimum absolute atomic E-state index is 0.0527. The van der Waals surface area contributed by atoms with Gasteiger partial charge in [0.25, 0.3) is 0 Å². The number of rotatable bonds is 4. The zero-order valence-electron chi connectivity index (χ0n) is 9.27. The van der Waals surface area contributed by atoms with Crippen molar-refractivity contribution in [3.8, 4) is 0 Å². The molecule has 0 aliphatic carbocycles. The van der Waals surface area contributed by atoms with Crippen LogP contribution in [0.4, 0.5) is 5.13 Å². The van der Waals surface area contributed by atoms with Gasteiger partial charge in [-0.3, -0.25) is 4.79 Å². The van der Waals surface area contributed by atoms with Gasteiger partial charge in [-0.2, -0.15) is 0 Å². The fraction of sp³-hybridized carbons (Fsp3) is 0.333. The zero-order chi connectivity index (χ0) is 11.7. The van der Waals surface area contributed by atoms with Gasteiger partial charge in [-0.15, -0.1) is 0 Å². The first-order valence-corrected chi connectivity index (χ1v) is 6.50. The Balaban J connectivity index is 1.66. The SMILES string of the molecule is O=C(CNc1nc2ccccc2s1)[C@@H]1CCN1. The van der Waals surface area contributed by atoms with Crippen LogP contribution in [0.3, 0.4) is 0 Å². The van der Waals surface area contributed by atoms with Gasteiger partial charge in [0.2, 0.25) is 0 Å². The molecule has 5 heteroatoms. The first kappa shape index (κ1) is 10.7. The number of aromatic nitrogens is 1. The van der Waals surface area contributed by atoms with Gasteiger partial charge >= 0.3 is 0 Å². The third kappa shape index (κ3) is 2.16. The average Bonchev–Trinajstić information content (AvgIpc) is 2.66. The molecule has 0 radical (unpaired) electrons. The molecule has 1 aliphatic rings. The summed E-state index contributed by atoms with van der Waals surface area (Å²) < 4.78 is 1.14. The maximum absolute atomic E-state index is 11.7. The average molecular weight is 247 g/mol. The van der Waals surface area contributed by atoms with Crippen LogP contribution in [0.5, 0.6) is 0 Å². The van der Waals surface area contributed by atoms with E-state index >= 15 is 0 Å². The Morgan fingerprint density at radius 1 is 1.53 bits per heavy atom. The second-order valence-corrected chi connectivity index (χ2v) is 5.13. The summed E-state index contributed by atoms with van der Waals surface area (Å²) in [6, 6.07) is 8.03. The van der Waals surface area contributed by atoms with Crippen LogP contribution >= 0.6 is 11.3 Å². The molecule has 0 saturated carbocycles. The second-order valence-electron chi connectivity index (χ2n) is 4.10. The molecule has 0 bridgehead atoms. The monoisotopic (exact) mass is 247 g/mol. The van der Waals surface area contributed by atoms with Gasteiger partial charge in [-0.1, -0.05) is 23.5 Å². The molecular formula is C12H13N3OS. The van der Waals surface area contributed by atoms with Crippen molar-refractivity contribution in [2.45, 2.75) is 12.5 Å². The van der Waals surface area contributed by atoms with E-state index in [0.717, 1.165) is 28.3 Å². The van der Waals surface area contributed by atoms with Crippen LogP contribution in [0.2, 0.25) is 0 Å². The molecule has 88 valence electrons. The Labute approximate surface area is 103 Å². The Kier molecular flexibility index (Phi) is 2.78. The molecule has 0 unspecified atom stereocenters. The van der Waals surface area contributed by atoms with Gasteiger partial charge in [0.05, 0.1) is 22.8 Å². The molecule has 1 saturated heterocycles. The largest absolute Gasteiger partial charge is 0.354 e. The molecule has 1 aliphatic heterocycles. The zero-order valence-corrected chi connectivity index (χ0v) is 10.1. The lowest BCUT2D eigenvalue weighted by Crippen LogP contribution is -2.50. The van der Waals surface area contributed by atoms with Crippen LogP contribution in [0, 0.1) is 0 Å². The molecule has 1 aromatic carbocycles. The first-order valence-electron chi connectivity index (χ1n) is 5.68. The fourth-order valence-electron chi connectivity index (χ4n) is 1.80. The van der Waals surface area contributed by atoms with Crippen molar-refractivity contribution in [3.05, 3.63) is 24.3 Å². The Morgan fingerprint density at radius 2 is 2.35 bits per heavy atom. The van der Waals surface area contributed by atoms with Gasteiger partial charge in [-0.05, 0) is 25.1 Å². The lowest BCUT2D eigenvalue weighted by molar-refractivity contribution is -0.120. The summed E-state index contributed by atoms with van der Waals surface area (Å²) in [5.74, 6) is 0.218. The standard InChI is InChI=1S/C12H13N3OS/c16-10(8-5-6-13-8)7-14-12-15-9-3-1-2-4-11(9)17-12/h1-4,8,13H,5-7H2,(H,14,15)/t8-/m0/s1. The normalized spacial score (nSPS) is 18.9. The van der Waals surface area contributed by atoms with Crippen LogP contribution in [-0.2, 0) is 4.79 Å². The highest BCUT2D eigenvalue weighted by atomic mass is 32.1. The highest BCUT2D eigenvalue weighted by molar-refractivity contribution is 7.22. The number of Topliss-reactive ketones (excluding diaryl/α,β-unsaturated/α-hetero) is 1. The van der Waals surface area contributed by atoms with Crippen LogP contribution in [0.25, 0.3) is 10.2 Å². The lowest BCUT2D eigenvalue weighted by Gasteiger charge is -2.25. The number of ketones is 1. The molecule has 2 aromatic rings. The van der Waals surface area contributed by atoms with Crippen molar-refractivity contribution in [1.82, 2.24) is 10.3 Å². The van der Waals surface area contributed by atoms with Gasteiger partial charge in [0, 0.05) is 0 Å². The molecule has 2 N–H and O–H groups in total. The molecule has 4 nitrogen and oxygen atoms in total. The maximum atomic E-state index is 11.7. The number of benzene rings is 1. The molecule has 0 spiro atoms. The van der Waals surface area contributed by atoms with Crippen LogP contribution < -0.4 is 10.6 Å². The number of hydrogen-bond acceptors (Lipinski definition) is 5. The number of para-hydroxylation sites is 1. The molecule has 1 aromatic heterocycles. The van der Waals surface area contributed by atoms with Gasteiger partial charge in [0.1, 0.15) is 0 Å². The minimum atomic E-state index is 0.0527. The summed E-state index contributed by atoms with van der Waals surface area (Å²) in [6.45, 7) is 1.31. The smallest absolute Gasteiger partial charge is 0.184 e. The molecule has 17 heavy (non-hydrogen) atoms. The first-order chi connectivity index (χ1) is 8.33. The van der Waals surface area contributed by atoms with Crippen molar-refractivity contribution in [2.24, 2.45) is 0 Å². The molecular weight excluding hydrogens is 234 g/mol. The van der Waals surface area contributed by atoms with E-state index in [2.05, 4.69) is 15.6 Å². The molecule has 1 atom stereocenters. The van der Waals surface area contributed by atoms with Gasteiger partial charge in [-0.25, -0.2) is 4.98 Å². The van der Waals surface area contributed by atoms with E-state index in [1.54, 1.807) is 11.3 Å². The van der Waals surface area contributed by atoms with E-state index in [-0.39, 0.29) is 11.8 Å². The number of thiazole rings is 1. The maximum Gasteiger partial charge on any atom is 0.184 e. The molecule has 3 rings (SSSR count).